The van der Waals surface area contributed by atoms with Crippen molar-refractivity contribution in [2.45, 2.75) is 44.9 Å². The number of phenolic OH excluding ortho intramolecular Hbond substituents is 1. The molecule has 0 radical (unpaired) electrons. The van der Waals surface area contributed by atoms with Gasteiger partial charge in [-0.3, -0.25) is 14.6 Å². The summed E-state index contributed by atoms with van der Waals surface area (Å²) in [7, 11) is 0. The molecule has 9 nitrogen and oxygen atoms in total. The normalized spacial score (nSPS) is 17.2. The molecule has 1 aromatic heterocycles. The van der Waals surface area contributed by atoms with Crippen LogP contribution < -0.4 is 0 Å². The molecule has 1 fully saturated rings. The Morgan fingerprint density at radius 3 is 2.51 bits per heavy atom. The molecule has 0 bridgehead atoms. The molecular weight excluding hydrogens is 492 g/mol. The zero-order chi connectivity index (χ0) is 27.2. The predicted molar refractivity (Wildman–Crippen MR) is 148 cm³/mol. The van der Waals surface area contributed by atoms with E-state index in [0.29, 0.717) is 24.8 Å². The summed E-state index contributed by atoms with van der Waals surface area (Å²) in [4.78, 5) is 17.2. The smallest absolute Gasteiger partial charge is 0.303 e. The first kappa shape index (κ1) is 26.5. The molecule has 2 N–H and O–H groups in total. The molecule has 4 aromatic rings. The van der Waals surface area contributed by atoms with Crippen LogP contribution in [0, 0.1) is 0 Å². The van der Waals surface area contributed by atoms with E-state index in [1.807, 2.05) is 24.3 Å². The quantitative estimate of drug-likeness (QED) is 0.317. The lowest BCUT2D eigenvalue weighted by Crippen LogP contribution is -2.52. The van der Waals surface area contributed by atoms with E-state index in [1.54, 1.807) is 6.07 Å². The summed E-state index contributed by atoms with van der Waals surface area (Å²) in [6.07, 6.45) is 0.521. The number of nitrogens with zero attached hydrogens (tertiary/aromatic N) is 6. The van der Waals surface area contributed by atoms with Crippen molar-refractivity contribution in [1.29, 1.82) is 0 Å². The van der Waals surface area contributed by atoms with Gasteiger partial charge in [-0.1, -0.05) is 66.7 Å². The Morgan fingerprint density at radius 1 is 1.00 bits per heavy atom. The van der Waals surface area contributed by atoms with Crippen LogP contribution in [0.1, 0.15) is 42.5 Å². The Balaban J connectivity index is 1.34. The molecule has 1 saturated heterocycles. The topological polar surface area (TPSA) is 108 Å². The number of tetrazole rings is 1. The van der Waals surface area contributed by atoms with Gasteiger partial charge in [0, 0.05) is 44.2 Å². The summed E-state index contributed by atoms with van der Waals surface area (Å²) in [5.74, 6) is -0.0685. The fourth-order valence-corrected chi connectivity index (χ4v) is 5.33. The minimum atomic E-state index is -0.834. The van der Waals surface area contributed by atoms with Crippen LogP contribution in [0.4, 0.5) is 0 Å². The van der Waals surface area contributed by atoms with E-state index in [4.69, 9.17) is 5.11 Å². The highest BCUT2D eigenvalue weighted by atomic mass is 16.4. The van der Waals surface area contributed by atoms with Crippen molar-refractivity contribution in [2.24, 2.45) is 0 Å². The van der Waals surface area contributed by atoms with Crippen LogP contribution in [0.2, 0.25) is 0 Å². The van der Waals surface area contributed by atoms with Gasteiger partial charge in [-0.2, -0.15) is 4.80 Å². The molecule has 39 heavy (non-hydrogen) atoms. The zero-order valence-corrected chi connectivity index (χ0v) is 22.1. The van der Waals surface area contributed by atoms with Crippen LogP contribution in [0.15, 0.2) is 78.9 Å². The first-order valence-electron chi connectivity index (χ1n) is 13.4. The van der Waals surface area contributed by atoms with Crippen LogP contribution in [-0.2, 0) is 17.9 Å². The van der Waals surface area contributed by atoms with E-state index in [0.717, 1.165) is 42.9 Å². The molecule has 0 spiro atoms. The first-order chi connectivity index (χ1) is 19.0. The van der Waals surface area contributed by atoms with Crippen molar-refractivity contribution < 1.29 is 15.0 Å². The molecule has 0 aliphatic carbocycles. The fraction of sp³-hybridized carbons (Fsp3) is 0.333. The number of aromatic nitrogens is 4. The Morgan fingerprint density at radius 2 is 1.79 bits per heavy atom. The molecule has 0 unspecified atom stereocenters. The van der Waals surface area contributed by atoms with Gasteiger partial charge in [0.05, 0.1) is 12.6 Å². The Hall–Kier alpha value is -4.08. The van der Waals surface area contributed by atoms with Crippen molar-refractivity contribution in [3.05, 3.63) is 95.6 Å². The Labute approximate surface area is 228 Å². The number of piperazine rings is 1. The Kier molecular flexibility index (Phi) is 8.29. The first-order valence-corrected chi connectivity index (χ1v) is 13.4. The number of phenols is 1. The van der Waals surface area contributed by atoms with Crippen LogP contribution in [0.25, 0.3) is 11.4 Å². The molecule has 3 aromatic carbocycles. The maximum absolute atomic E-state index is 10.8. The molecule has 2 atom stereocenters. The summed E-state index contributed by atoms with van der Waals surface area (Å²) in [5, 5.41) is 31.8. The monoisotopic (exact) mass is 526 g/mol. The summed E-state index contributed by atoms with van der Waals surface area (Å²) in [5.41, 5.74) is 4.35. The SMILES string of the molecule is C[C@H]1CN(Cc2ccccc2)CCN1[C@H](c1ccc(-c2nnn(CCCC(=O)O)n2)cc1)c1cccc(O)c1. The number of carbonyl (C=O) groups is 1. The number of hydrogen-bond donors (Lipinski definition) is 2. The van der Waals surface area contributed by atoms with Gasteiger partial charge in [-0.25, -0.2) is 0 Å². The molecule has 1 aliphatic rings. The van der Waals surface area contributed by atoms with Crippen molar-refractivity contribution in [2.75, 3.05) is 19.6 Å². The van der Waals surface area contributed by atoms with Gasteiger partial charge in [0.2, 0.25) is 5.82 Å². The number of carboxylic acid groups (broad SMARTS) is 1. The lowest BCUT2D eigenvalue weighted by Gasteiger charge is -2.44. The van der Waals surface area contributed by atoms with Crippen LogP contribution in [-0.4, -0.2) is 71.9 Å². The van der Waals surface area contributed by atoms with E-state index in [1.165, 1.54) is 10.4 Å². The van der Waals surface area contributed by atoms with Gasteiger partial charge in [-0.05, 0) is 47.4 Å². The number of rotatable bonds is 10. The van der Waals surface area contributed by atoms with Gasteiger partial charge in [0.15, 0.2) is 0 Å². The number of aliphatic carboxylic acids is 1. The van der Waals surface area contributed by atoms with Gasteiger partial charge < -0.3 is 10.2 Å². The summed E-state index contributed by atoms with van der Waals surface area (Å²) in [6.45, 7) is 6.44. The molecule has 5 rings (SSSR count). The number of hydrogen-bond acceptors (Lipinski definition) is 7. The summed E-state index contributed by atoms with van der Waals surface area (Å²) >= 11 is 0. The molecule has 202 valence electrons. The summed E-state index contributed by atoms with van der Waals surface area (Å²) in [6, 6.07) is 26.6. The number of aromatic hydroxyl groups is 1. The van der Waals surface area contributed by atoms with Crippen LogP contribution >= 0.6 is 0 Å². The lowest BCUT2D eigenvalue weighted by atomic mass is 9.93. The van der Waals surface area contributed by atoms with E-state index >= 15 is 0 Å². The molecule has 0 amide bonds. The van der Waals surface area contributed by atoms with Crippen molar-refractivity contribution in [1.82, 2.24) is 30.0 Å². The average Bonchev–Trinajstić information content (AvgIpc) is 3.40. The third-order valence-corrected chi connectivity index (χ3v) is 7.22. The summed E-state index contributed by atoms with van der Waals surface area (Å²) < 4.78 is 0. The highest BCUT2D eigenvalue weighted by Crippen LogP contribution is 2.34. The van der Waals surface area contributed by atoms with Crippen LogP contribution in [0.5, 0.6) is 5.75 Å². The minimum Gasteiger partial charge on any atom is -0.508 e. The number of benzene rings is 3. The molecule has 1 aliphatic heterocycles. The molecular formula is C30H34N6O3. The van der Waals surface area contributed by atoms with E-state index in [2.05, 4.69) is 80.7 Å². The van der Waals surface area contributed by atoms with E-state index in [9.17, 15) is 9.90 Å². The fourth-order valence-electron chi connectivity index (χ4n) is 5.33. The molecule has 0 saturated carbocycles. The van der Waals surface area contributed by atoms with Gasteiger partial charge in [-0.15, -0.1) is 10.2 Å². The van der Waals surface area contributed by atoms with Crippen LogP contribution in [0.3, 0.4) is 0 Å². The highest BCUT2D eigenvalue weighted by molar-refractivity contribution is 5.66. The average molecular weight is 527 g/mol. The standard InChI is InChI=1S/C30H34N6O3/c1-22-20-34(21-23-7-3-2-4-8-23)17-18-35(22)29(26-9-5-10-27(37)19-26)24-12-14-25(15-13-24)30-31-33-36(32-30)16-6-11-28(38)39/h2-5,7-10,12-15,19,22,29,37H,6,11,16-18,20-21H2,1H3,(H,38,39)/t22-,29+/m0/s1. The highest BCUT2D eigenvalue weighted by Gasteiger charge is 2.31. The minimum absolute atomic E-state index is 0.0142. The third-order valence-electron chi connectivity index (χ3n) is 7.22. The van der Waals surface area contributed by atoms with Gasteiger partial charge in [0.25, 0.3) is 0 Å². The largest absolute Gasteiger partial charge is 0.508 e. The molecule has 2 heterocycles. The third kappa shape index (κ3) is 6.68. The molecule has 9 heteroatoms. The zero-order valence-electron chi connectivity index (χ0n) is 22.1. The maximum Gasteiger partial charge on any atom is 0.303 e. The van der Waals surface area contributed by atoms with Crippen molar-refractivity contribution in [3.63, 3.8) is 0 Å². The lowest BCUT2D eigenvalue weighted by molar-refractivity contribution is -0.137. The second-order valence-electron chi connectivity index (χ2n) is 10.1. The predicted octanol–water partition coefficient (Wildman–Crippen LogP) is 4.21. The number of carboxylic acids is 1. The Bertz CT molecular complexity index is 1370. The second-order valence-corrected chi connectivity index (χ2v) is 10.1. The van der Waals surface area contributed by atoms with Gasteiger partial charge >= 0.3 is 5.97 Å². The number of aryl methyl sites for hydroxylation is 1. The van der Waals surface area contributed by atoms with Crippen molar-refractivity contribution >= 4 is 5.97 Å². The maximum atomic E-state index is 10.8. The second kappa shape index (κ2) is 12.2. The van der Waals surface area contributed by atoms with E-state index < -0.39 is 5.97 Å². The van der Waals surface area contributed by atoms with E-state index in [-0.39, 0.29) is 18.2 Å². The van der Waals surface area contributed by atoms with Gasteiger partial charge in [0.1, 0.15) is 5.75 Å². The van der Waals surface area contributed by atoms with Crippen molar-refractivity contribution in [3.8, 4) is 17.1 Å².